The molecule has 0 saturated carbocycles. The highest BCUT2D eigenvalue weighted by Crippen LogP contribution is 2.30. The molecular formula is C13H8Br2N2O4. The molecule has 0 saturated heterocycles. The summed E-state index contributed by atoms with van der Waals surface area (Å²) >= 11 is 6.36. The molecule has 0 heterocycles. The van der Waals surface area contributed by atoms with Gasteiger partial charge in [0.1, 0.15) is 0 Å². The Morgan fingerprint density at radius 1 is 0.810 bits per heavy atom. The van der Waals surface area contributed by atoms with Crippen molar-refractivity contribution >= 4 is 43.2 Å². The minimum absolute atomic E-state index is 0.0680. The molecule has 0 aliphatic rings. The van der Waals surface area contributed by atoms with Crippen LogP contribution in [0.2, 0.25) is 0 Å². The minimum Gasteiger partial charge on any atom is -0.258 e. The van der Waals surface area contributed by atoms with E-state index in [0.717, 1.165) is 0 Å². The normalized spacial score (nSPS) is 10.4. The molecule has 0 radical (unpaired) electrons. The summed E-state index contributed by atoms with van der Waals surface area (Å²) in [5.41, 5.74) is 0.713. The van der Waals surface area contributed by atoms with Crippen LogP contribution in [0.25, 0.3) is 0 Å². The first-order valence-corrected chi connectivity index (χ1v) is 7.32. The van der Waals surface area contributed by atoms with Gasteiger partial charge in [-0.1, -0.05) is 44.0 Å². The number of nitro groups is 2. The summed E-state index contributed by atoms with van der Waals surface area (Å²) < 4.78 is 1.17. The number of hydrogen-bond donors (Lipinski definition) is 0. The van der Waals surface area contributed by atoms with E-state index in [1.54, 1.807) is 24.3 Å². The lowest BCUT2D eigenvalue weighted by Gasteiger charge is -2.05. The average molecular weight is 416 g/mol. The van der Waals surface area contributed by atoms with Crippen LogP contribution in [0.3, 0.4) is 0 Å². The molecule has 2 aromatic rings. The van der Waals surface area contributed by atoms with Gasteiger partial charge in [0.25, 0.3) is 11.4 Å². The maximum atomic E-state index is 11.1. The van der Waals surface area contributed by atoms with Gasteiger partial charge in [-0.3, -0.25) is 20.2 Å². The first-order valence-electron chi connectivity index (χ1n) is 5.74. The molecular weight excluding hydrogens is 408 g/mol. The summed E-state index contributed by atoms with van der Waals surface area (Å²) in [6, 6.07) is 9.31. The fraction of sp³-hybridized carbons (Fsp3) is 0.0769. The zero-order valence-electron chi connectivity index (χ0n) is 10.5. The van der Waals surface area contributed by atoms with Gasteiger partial charge < -0.3 is 0 Å². The number of rotatable bonds is 4. The fourth-order valence-corrected chi connectivity index (χ4v) is 2.62. The molecule has 0 aliphatic carbocycles. The van der Waals surface area contributed by atoms with Gasteiger partial charge in [0, 0.05) is 38.6 Å². The first kappa shape index (κ1) is 15.6. The molecule has 2 aromatic carbocycles. The van der Waals surface area contributed by atoms with Crippen molar-refractivity contribution in [2.75, 3.05) is 0 Å². The first-order chi connectivity index (χ1) is 9.88. The van der Waals surface area contributed by atoms with Crippen LogP contribution in [0.15, 0.2) is 45.3 Å². The van der Waals surface area contributed by atoms with E-state index in [9.17, 15) is 20.2 Å². The second kappa shape index (κ2) is 6.31. The Kier molecular flexibility index (Phi) is 4.69. The van der Waals surface area contributed by atoms with Gasteiger partial charge in [-0.2, -0.15) is 0 Å². The van der Waals surface area contributed by atoms with Gasteiger partial charge in [-0.15, -0.1) is 0 Å². The number of halogens is 2. The van der Waals surface area contributed by atoms with E-state index in [1.807, 2.05) is 0 Å². The molecule has 0 aliphatic heterocycles. The fourth-order valence-electron chi connectivity index (χ4n) is 1.92. The Balaban J connectivity index is 2.48. The maximum Gasteiger partial charge on any atom is 0.274 e. The van der Waals surface area contributed by atoms with Crippen LogP contribution in [0.4, 0.5) is 11.4 Å². The molecule has 0 aromatic heterocycles. The second-order valence-corrected chi connectivity index (χ2v) is 6.07. The molecule has 108 valence electrons. The molecule has 0 N–H and O–H groups in total. The van der Waals surface area contributed by atoms with E-state index in [2.05, 4.69) is 31.9 Å². The van der Waals surface area contributed by atoms with E-state index < -0.39 is 9.85 Å². The highest BCUT2D eigenvalue weighted by molar-refractivity contribution is 9.10. The van der Waals surface area contributed by atoms with E-state index in [0.29, 0.717) is 20.1 Å². The van der Waals surface area contributed by atoms with Crippen LogP contribution in [-0.4, -0.2) is 9.85 Å². The Morgan fingerprint density at radius 2 is 1.19 bits per heavy atom. The van der Waals surface area contributed by atoms with Crippen molar-refractivity contribution in [1.29, 1.82) is 0 Å². The zero-order chi connectivity index (χ0) is 15.6. The number of benzene rings is 2. The Morgan fingerprint density at radius 3 is 1.52 bits per heavy atom. The van der Waals surface area contributed by atoms with Gasteiger partial charge in [-0.05, 0) is 12.1 Å². The molecule has 8 heteroatoms. The molecule has 0 bridgehead atoms. The van der Waals surface area contributed by atoms with Crippen LogP contribution in [-0.2, 0) is 6.42 Å². The third-order valence-corrected chi connectivity index (χ3v) is 3.86. The molecule has 2 rings (SSSR count). The average Bonchev–Trinajstić information content (AvgIpc) is 2.42. The monoisotopic (exact) mass is 414 g/mol. The third-order valence-electron chi connectivity index (χ3n) is 2.87. The van der Waals surface area contributed by atoms with Crippen LogP contribution in [0.5, 0.6) is 0 Å². The van der Waals surface area contributed by atoms with E-state index >= 15 is 0 Å². The Hall–Kier alpha value is -1.80. The van der Waals surface area contributed by atoms with Crippen molar-refractivity contribution in [3.05, 3.63) is 76.7 Å². The summed E-state index contributed by atoms with van der Waals surface area (Å²) in [7, 11) is 0. The third kappa shape index (κ3) is 3.64. The topological polar surface area (TPSA) is 86.3 Å². The lowest BCUT2D eigenvalue weighted by molar-refractivity contribution is -0.386. The summed E-state index contributed by atoms with van der Waals surface area (Å²) in [6.45, 7) is 0. The van der Waals surface area contributed by atoms with Crippen molar-refractivity contribution in [3.8, 4) is 0 Å². The van der Waals surface area contributed by atoms with Crippen LogP contribution in [0.1, 0.15) is 11.1 Å². The summed E-state index contributed by atoms with van der Waals surface area (Å²) in [5, 5.41) is 22.2. The molecule has 0 fully saturated rings. The summed E-state index contributed by atoms with van der Waals surface area (Å²) in [6.07, 6.45) is 0.118. The zero-order valence-corrected chi connectivity index (χ0v) is 13.6. The predicted octanol–water partition coefficient (Wildman–Crippen LogP) is 4.62. The van der Waals surface area contributed by atoms with Crippen molar-refractivity contribution in [3.63, 3.8) is 0 Å². The highest BCUT2D eigenvalue weighted by atomic mass is 79.9. The SMILES string of the molecule is O=[N+]([O-])c1cc(Br)ccc1Cc1ccc(Br)cc1[N+](=O)[O-]. The molecule has 6 nitrogen and oxygen atoms in total. The highest BCUT2D eigenvalue weighted by Gasteiger charge is 2.19. The van der Waals surface area contributed by atoms with Gasteiger partial charge in [0.15, 0.2) is 0 Å². The number of nitro benzene ring substituents is 2. The quantitative estimate of drug-likeness (QED) is 0.538. The van der Waals surface area contributed by atoms with E-state index in [-0.39, 0.29) is 17.8 Å². The smallest absolute Gasteiger partial charge is 0.258 e. The van der Waals surface area contributed by atoms with Gasteiger partial charge in [0.2, 0.25) is 0 Å². The number of nitrogens with zero attached hydrogens (tertiary/aromatic N) is 2. The summed E-state index contributed by atoms with van der Waals surface area (Å²) in [5.74, 6) is 0. The van der Waals surface area contributed by atoms with Crippen LogP contribution in [0, 0.1) is 20.2 Å². The van der Waals surface area contributed by atoms with Gasteiger partial charge in [-0.25, -0.2) is 0 Å². The van der Waals surface area contributed by atoms with Gasteiger partial charge in [0.05, 0.1) is 9.85 Å². The van der Waals surface area contributed by atoms with Crippen molar-refractivity contribution in [1.82, 2.24) is 0 Å². The molecule has 0 unspecified atom stereocenters. The Labute approximate surface area is 136 Å². The second-order valence-electron chi connectivity index (χ2n) is 4.24. The number of hydrogen-bond acceptors (Lipinski definition) is 4. The minimum atomic E-state index is -0.495. The van der Waals surface area contributed by atoms with E-state index in [1.165, 1.54) is 12.1 Å². The van der Waals surface area contributed by atoms with Gasteiger partial charge >= 0.3 is 0 Å². The van der Waals surface area contributed by atoms with Crippen LogP contribution >= 0.6 is 31.9 Å². The standard InChI is InChI=1S/C13H8Br2N2O4/c14-10-3-1-8(12(6-10)16(18)19)5-9-2-4-11(15)7-13(9)17(20)21/h1-4,6-7H,5H2. The lowest BCUT2D eigenvalue weighted by atomic mass is 10.0. The Bertz CT molecular complexity index is 673. The van der Waals surface area contributed by atoms with E-state index in [4.69, 9.17) is 0 Å². The molecule has 0 amide bonds. The van der Waals surface area contributed by atoms with Crippen molar-refractivity contribution in [2.24, 2.45) is 0 Å². The molecule has 0 atom stereocenters. The van der Waals surface area contributed by atoms with Crippen molar-refractivity contribution in [2.45, 2.75) is 6.42 Å². The van der Waals surface area contributed by atoms with Crippen LogP contribution < -0.4 is 0 Å². The lowest BCUT2D eigenvalue weighted by Crippen LogP contribution is -2.00. The summed E-state index contributed by atoms with van der Waals surface area (Å²) in [4.78, 5) is 21.2. The van der Waals surface area contributed by atoms with Crippen molar-refractivity contribution < 1.29 is 9.85 Å². The predicted molar refractivity (Wildman–Crippen MR) is 84.4 cm³/mol. The maximum absolute atomic E-state index is 11.1. The molecule has 21 heavy (non-hydrogen) atoms. The molecule has 0 spiro atoms. The largest absolute Gasteiger partial charge is 0.274 e.